The Bertz CT molecular complexity index is 1170. The quantitative estimate of drug-likeness (QED) is 0.559. The summed E-state index contributed by atoms with van der Waals surface area (Å²) in [6, 6.07) is 5.82. The van der Waals surface area contributed by atoms with Gasteiger partial charge in [-0.3, -0.25) is 9.59 Å². The molecule has 11 heteroatoms. The predicted octanol–water partition coefficient (Wildman–Crippen LogP) is 0.468. The van der Waals surface area contributed by atoms with Crippen LogP contribution in [0.2, 0.25) is 0 Å². The van der Waals surface area contributed by atoms with Crippen LogP contribution in [-0.2, 0) is 27.7 Å². The van der Waals surface area contributed by atoms with E-state index in [-0.39, 0.29) is 30.2 Å². The first-order valence-corrected chi connectivity index (χ1v) is 13.1. The number of hydrogen-bond acceptors (Lipinski definition) is 6. The van der Waals surface area contributed by atoms with Crippen LogP contribution in [0.25, 0.3) is 0 Å². The smallest absolute Gasteiger partial charge is 0.256 e. The van der Waals surface area contributed by atoms with Crippen molar-refractivity contribution in [3.8, 4) is 0 Å². The highest BCUT2D eigenvalue weighted by Crippen LogP contribution is 2.34. The first-order valence-electron chi connectivity index (χ1n) is 10.9. The number of rotatable bonds is 5. The van der Waals surface area contributed by atoms with Gasteiger partial charge in [0.25, 0.3) is 11.8 Å². The minimum atomic E-state index is -3.69. The summed E-state index contributed by atoms with van der Waals surface area (Å²) in [5.41, 5.74) is 7.21. The van der Waals surface area contributed by atoms with Crippen LogP contribution < -0.4 is 16.0 Å². The van der Waals surface area contributed by atoms with Crippen molar-refractivity contribution in [2.75, 3.05) is 32.0 Å². The number of benzene rings is 1. The van der Waals surface area contributed by atoms with Crippen molar-refractivity contribution >= 4 is 38.2 Å². The number of carbonyl (C=O) groups excluding carboxylic acids is 2. The van der Waals surface area contributed by atoms with E-state index in [1.54, 1.807) is 0 Å². The summed E-state index contributed by atoms with van der Waals surface area (Å²) in [6.45, 7) is 5.92. The minimum absolute atomic E-state index is 0.121. The molecule has 1 aromatic carbocycles. The van der Waals surface area contributed by atoms with Crippen LogP contribution in [0.4, 0.5) is 5.00 Å². The average Bonchev–Trinajstić information content (AvgIpc) is 3.10. The highest BCUT2D eigenvalue weighted by molar-refractivity contribution is 7.89. The zero-order valence-electron chi connectivity index (χ0n) is 18.9. The monoisotopic (exact) mass is 493 g/mol. The molecule has 0 spiro atoms. The molecular weight excluding hydrogens is 464 g/mol. The van der Waals surface area contributed by atoms with E-state index in [0.717, 1.165) is 30.0 Å². The van der Waals surface area contributed by atoms with Crippen LogP contribution in [-0.4, -0.2) is 63.4 Å². The van der Waals surface area contributed by atoms with E-state index < -0.39 is 21.8 Å². The van der Waals surface area contributed by atoms with Gasteiger partial charge in [-0.25, -0.2) is 8.42 Å². The fourth-order valence-corrected chi connectivity index (χ4v) is 7.35. The number of anilines is 1. The highest BCUT2D eigenvalue weighted by Gasteiger charge is 2.32. The van der Waals surface area contributed by atoms with E-state index in [4.69, 9.17) is 10.5 Å². The van der Waals surface area contributed by atoms with Gasteiger partial charge in [0.05, 0.1) is 41.1 Å². The largest absolute Gasteiger partial charge is 0.373 e. The summed E-state index contributed by atoms with van der Waals surface area (Å²) >= 11 is 1.38. The number of fused-ring (bicyclic) bond motifs is 1. The minimum Gasteiger partial charge on any atom is -0.373 e. The normalized spacial score (nSPS) is 23.7. The van der Waals surface area contributed by atoms with Crippen LogP contribution in [0, 0.1) is 0 Å². The van der Waals surface area contributed by atoms with Crippen molar-refractivity contribution in [3.63, 3.8) is 0 Å². The van der Waals surface area contributed by atoms with Crippen LogP contribution in [0.1, 0.15) is 45.0 Å². The number of quaternary nitrogens is 1. The molecule has 9 nitrogen and oxygen atoms in total. The molecule has 4 N–H and O–H groups in total. The number of primary amides is 1. The first-order chi connectivity index (χ1) is 15.6. The van der Waals surface area contributed by atoms with Crippen molar-refractivity contribution in [3.05, 3.63) is 45.8 Å². The molecule has 0 saturated carbocycles. The van der Waals surface area contributed by atoms with Crippen LogP contribution in [0.3, 0.4) is 0 Å². The van der Waals surface area contributed by atoms with Gasteiger partial charge in [0, 0.05) is 25.1 Å². The van der Waals surface area contributed by atoms with Crippen molar-refractivity contribution in [2.45, 2.75) is 43.9 Å². The summed E-state index contributed by atoms with van der Waals surface area (Å²) in [7, 11) is -1.61. The molecule has 3 heterocycles. The Labute approximate surface area is 197 Å². The lowest BCUT2D eigenvalue weighted by Crippen LogP contribution is -3.08. The SMILES string of the molecule is CC1CN(S(=O)(=O)c2ccc(C(=O)Nc3sc4c(c3C(N)=O)CC[NH+](C)C4)cc2)CC(C)O1. The van der Waals surface area contributed by atoms with E-state index >= 15 is 0 Å². The Hall–Kier alpha value is -2.31. The van der Waals surface area contributed by atoms with Crippen LogP contribution in [0.15, 0.2) is 29.2 Å². The zero-order chi connectivity index (χ0) is 23.9. The molecule has 0 aliphatic carbocycles. The maximum absolute atomic E-state index is 13.0. The second kappa shape index (κ2) is 9.15. The number of nitrogens with zero attached hydrogens (tertiary/aromatic N) is 1. The number of thiophene rings is 1. The third-order valence-electron chi connectivity index (χ3n) is 5.97. The van der Waals surface area contributed by atoms with Gasteiger partial charge in [-0.05, 0) is 43.7 Å². The zero-order valence-corrected chi connectivity index (χ0v) is 20.5. The molecule has 2 aromatic rings. The molecule has 178 valence electrons. The fourth-order valence-electron chi connectivity index (χ4n) is 4.40. The fraction of sp³-hybridized carbons (Fsp3) is 0.455. The lowest BCUT2D eigenvalue weighted by Gasteiger charge is -2.34. The number of carbonyl (C=O) groups is 2. The number of sulfonamides is 1. The van der Waals surface area contributed by atoms with Crippen LogP contribution >= 0.6 is 11.3 Å². The summed E-state index contributed by atoms with van der Waals surface area (Å²) in [4.78, 5) is 27.5. The summed E-state index contributed by atoms with van der Waals surface area (Å²) in [5, 5.41) is 3.25. The van der Waals surface area contributed by atoms with Gasteiger partial charge in [-0.2, -0.15) is 4.31 Å². The molecule has 4 rings (SSSR count). The Morgan fingerprint density at radius 1 is 1.18 bits per heavy atom. The lowest BCUT2D eigenvalue weighted by molar-refractivity contribution is -0.895. The number of ether oxygens (including phenoxy) is 1. The van der Waals surface area contributed by atoms with E-state index in [1.165, 1.54) is 44.8 Å². The van der Waals surface area contributed by atoms with Gasteiger partial charge in [-0.15, -0.1) is 11.3 Å². The lowest BCUT2D eigenvalue weighted by atomic mass is 10.0. The van der Waals surface area contributed by atoms with E-state index in [1.807, 2.05) is 13.8 Å². The van der Waals surface area contributed by atoms with Gasteiger partial charge in [0.15, 0.2) is 0 Å². The third kappa shape index (κ3) is 4.82. The summed E-state index contributed by atoms with van der Waals surface area (Å²) in [5.74, 6) is -0.980. The second-order valence-electron chi connectivity index (χ2n) is 8.76. The Morgan fingerprint density at radius 2 is 1.82 bits per heavy atom. The maximum atomic E-state index is 13.0. The molecular formula is C22H29N4O5S2+. The van der Waals surface area contributed by atoms with Crippen molar-refractivity contribution < 1.29 is 27.6 Å². The van der Waals surface area contributed by atoms with E-state index in [9.17, 15) is 18.0 Å². The number of nitrogens with one attached hydrogen (secondary N) is 2. The van der Waals surface area contributed by atoms with Gasteiger partial charge in [-0.1, -0.05) is 0 Å². The molecule has 1 aromatic heterocycles. The maximum Gasteiger partial charge on any atom is 0.256 e. The van der Waals surface area contributed by atoms with Gasteiger partial charge < -0.3 is 20.7 Å². The number of morpholine rings is 1. The predicted molar refractivity (Wildman–Crippen MR) is 125 cm³/mol. The van der Waals surface area contributed by atoms with Gasteiger partial charge in [0.1, 0.15) is 11.5 Å². The Kier molecular flexibility index (Phi) is 6.61. The standard InChI is InChI=1S/C22H28N4O5S2/c1-13-10-26(11-14(2)31-13)33(29,30)16-6-4-15(5-7-16)21(28)24-22-19(20(23)27)17-8-9-25(3)12-18(17)32-22/h4-7,13-14H,8-12H2,1-3H3,(H2,23,27)(H,24,28)/p+1. The van der Waals surface area contributed by atoms with Gasteiger partial charge >= 0.3 is 0 Å². The van der Waals surface area contributed by atoms with Crippen molar-refractivity contribution in [2.24, 2.45) is 5.73 Å². The topological polar surface area (TPSA) is 123 Å². The number of amides is 2. The number of hydrogen-bond donors (Lipinski definition) is 3. The Morgan fingerprint density at radius 3 is 2.42 bits per heavy atom. The molecule has 0 radical (unpaired) electrons. The van der Waals surface area contributed by atoms with Crippen molar-refractivity contribution in [1.29, 1.82) is 0 Å². The molecule has 3 unspecified atom stereocenters. The second-order valence-corrected chi connectivity index (χ2v) is 11.8. The molecule has 2 amide bonds. The molecule has 33 heavy (non-hydrogen) atoms. The summed E-state index contributed by atoms with van der Waals surface area (Å²) in [6.07, 6.45) is 0.356. The third-order valence-corrected chi connectivity index (χ3v) is 8.96. The average molecular weight is 494 g/mol. The number of likely N-dealkylation sites (N-methyl/N-ethyl adjacent to an activating group) is 1. The molecule has 1 saturated heterocycles. The molecule has 2 aliphatic rings. The molecule has 1 fully saturated rings. The molecule has 3 atom stereocenters. The van der Waals surface area contributed by atoms with Crippen molar-refractivity contribution in [1.82, 2.24) is 4.31 Å². The Balaban J connectivity index is 1.53. The van der Waals surface area contributed by atoms with Gasteiger partial charge in [0.2, 0.25) is 10.0 Å². The first kappa shape index (κ1) is 23.8. The number of nitrogens with two attached hydrogens (primary N) is 1. The molecule has 0 bridgehead atoms. The highest BCUT2D eigenvalue weighted by atomic mass is 32.2. The van der Waals surface area contributed by atoms with E-state index in [2.05, 4.69) is 12.4 Å². The summed E-state index contributed by atoms with van der Waals surface area (Å²) < 4.78 is 33.1. The van der Waals surface area contributed by atoms with Crippen LogP contribution in [0.5, 0.6) is 0 Å². The molecule has 2 aliphatic heterocycles. The van der Waals surface area contributed by atoms with E-state index in [0.29, 0.717) is 16.1 Å².